The van der Waals surface area contributed by atoms with E-state index in [-0.39, 0.29) is 5.41 Å². The monoisotopic (exact) mass is 735 g/mol. The zero-order valence-electron chi connectivity index (χ0n) is 36.2. The van der Waals surface area contributed by atoms with Gasteiger partial charge in [0.1, 0.15) is 26.3 Å². The van der Waals surface area contributed by atoms with Crippen molar-refractivity contribution >= 4 is 0 Å². The standard InChI is InChI=1S/C46H90N2O4/c1-9-11-13-23-29-42-33-35-46(34-27-21-20-24-30-43(46)41-52-51-40-37-48(6,7)8)45(44(42)31-25-14-12-10-2)32-26-19-17-15-16-18-22-28-38-49-50-39-36-47(3,4)5/h26,32-33,35,42-45H,9-25,27-31,34,36-41H2,1-8H3/q+2/b32-26-/t42?,43?,44?,45?,46-/m0/s1. The van der Waals surface area contributed by atoms with E-state index in [0.29, 0.717) is 37.6 Å². The van der Waals surface area contributed by atoms with Crippen LogP contribution in [0.3, 0.4) is 0 Å². The normalized spacial score (nSPS) is 24.5. The molecule has 52 heavy (non-hydrogen) atoms. The molecule has 0 bridgehead atoms. The fourth-order valence-electron chi connectivity index (χ4n) is 8.71. The summed E-state index contributed by atoms with van der Waals surface area (Å²) in [6.07, 6.45) is 41.2. The molecule has 0 heterocycles. The Kier molecular flexibility index (Phi) is 25.3. The SMILES string of the molecule is CCCCCCC1C=C[C@]2(CCCCCCC2COOCC[N+](C)(C)C)C(/C=C\CCCCCCCCOOCC[N+](C)(C)C)C1CCCCCC. The predicted molar refractivity (Wildman–Crippen MR) is 222 cm³/mol. The summed E-state index contributed by atoms with van der Waals surface area (Å²) in [4.78, 5) is 22.8. The van der Waals surface area contributed by atoms with Crippen LogP contribution in [0.25, 0.3) is 0 Å². The second-order valence-electron chi connectivity index (χ2n) is 18.8. The van der Waals surface area contributed by atoms with Crippen molar-refractivity contribution in [1.82, 2.24) is 0 Å². The zero-order chi connectivity index (χ0) is 38.0. The lowest BCUT2D eigenvalue weighted by Crippen LogP contribution is -2.46. The van der Waals surface area contributed by atoms with E-state index in [1.165, 1.54) is 141 Å². The van der Waals surface area contributed by atoms with Crippen LogP contribution in [0.2, 0.25) is 0 Å². The molecular weight excluding hydrogens is 645 g/mol. The zero-order valence-corrected chi connectivity index (χ0v) is 36.2. The summed E-state index contributed by atoms with van der Waals surface area (Å²) >= 11 is 0. The van der Waals surface area contributed by atoms with Crippen LogP contribution in [-0.4, -0.2) is 90.8 Å². The van der Waals surface area contributed by atoms with Gasteiger partial charge in [0.15, 0.2) is 0 Å². The van der Waals surface area contributed by atoms with Crippen molar-refractivity contribution in [3.8, 4) is 0 Å². The van der Waals surface area contributed by atoms with Crippen LogP contribution < -0.4 is 0 Å². The third-order valence-corrected chi connectivity index (χ3v) is 12.1. The van der Waals surface area contributed by atoms with E-state index in [0.717, 1.165) is 41.0 Å². The van der Waals surface area contributed by atoms with Gasteiger partial charge in [0.05, 0.1) is 55.5 Å². The lowest BCUT2D eigenvalue weighted by atomic mass is 9.53. The van der Waals surface area contributed by atoms with Crippen molar-refractivity contribution in [2.75, 3.05) is 81.8 Å². The molecule has 1 fully saturated rings. The first-order chi connectivity index (χ1) is 25.0. The molecule has 0 aromatic carbocycles. The van der Waals surface area contributed by atoms with E-state index in [4.69, 9.17) is 19.6 Å². The number of quaternary nitrogens is 2. The van der Waals surface area contributed by atoms with Gasteiger partial charge >= 0.3 is 0 Å². The highest BCUT2D eigenvalue weighted by molar-refractivity contribution is 5.19. The molecule has 2 aliphatic rings. The number of hydrogen-bond donors (Lipinski definition) is 0. The molecule has 0 aromatic rings. The van der Waals surface area contributed by atoms with Gasteiger partial charge < -0.3 is 8.97 Å². The van der Waals surface area contributed by atoms with Crippen molar-refractivity contribution in [2.24, 2.45) is 29.1 Å². The van der Waals surface area contributed by atoms with Crippen LogP contribution >= 0.6 is 0 Å². The summed E-state index contributed by atoms with van der Waals surface area (Å²) in [6, 6.07) is 0. The highest BCUT2D eigenvalue weighted by atomic mass is 17.2. The number of allylic oxidation sites excluding steroid dienone is 4. The van der Waals surface area contributed by atoms with Gasteiger partial charge in [-0.15, -0.1) is 0 Å². The average molecular weight is 735 g/mol. The number of hydrogen-bond acceptors (Lipinski definition) is 4. The highest BCUT2D eigenvalue weighted by Gasteiger charge is 2.49. The second-order valence-corrected chi connectivity index (χ2v) is 18.8. The van der Waals surface area contributed by atoms with E-state index >= 15 is 0 Å². The van der Waals surface area contributed by atoms with Crippen molar-refractivity contribution in [1.29, 1.82) is 0 Å². The van der Waals surface area contributed by atoms with E-state index in [1.807, 2.05) is 0 Å². The molecular formula is C46H90N2O4+2. The topological polar surface area (TPSA) is 36.9 Å². The maximum atomic E-state index is 6.16. The van der Waals surface area contributed by atoms with Crippen molar-refractivity contribution < 1.29 is 28.5 Å². The molecule has 0 radical (unpaired) electrons. The third-order valence-electron chi connectivity index (χ3n) is 12.1. The first kappa shape index (κ1) is 47.4. The predicted octanol–water partition coefficient (Wildman–Crippen LogP) is 11.9. The van der Waals surface area contributed by atoms with Crippen molar-refractivity contribution in [2.45, 2.75) is 162 Å². The third kappa shape index (κ3) is 20.8. The minimum Gasteiger partial charge on any atom is -0.329 e. The number of rotatable bonds is 30. The molecule has 0 aromatic heterocycles. The molecule has 6 heteroatoms. The molecule has 5 atom stereocenters. The van der Waals surface area contributed by atoms with Gasteiger partial charge in [-0.1, -0.05) is 141 Å². The lowest BCUT2D eigenvalue weighted by Gasteiger charge is -2.52. The summed E-state index contributed by atoms with van der Waals surface area (Å²) < 4.78 is 1.80. The molecule has 306 valence electrons. The fraction of sp³-hybridized carbons (Fsp3) is 0.913. The number of nitrogens with zero attached hydrogens (tertiary/aromatic N) is 2. The smallest absolute Gasteiger partial charge is 0.131 e. The average Bonchev–Trinajstić information content (AvgIpc) is 3.08. The summed E-state index contributed by atoms with van der Waals surface area (Å²) in [5.74, 6) is 2.55. The maximum Gasteiger partial charge on any atom is 0.131 e. The summed E-state index contributed by atoms with van der Waals surface area (Å²) in [5, 5.41) is 0. The Morgan fingerprint density at radius 2 is 1.19 bits per heavy atom. The minimum atomic E-state index is 0.174. The van der Waals surface area contributed by atoms with Crippen LogP contribution in [0.4, 0.5) is 0 Å². The Bertz CT molecular complexity index is 909. The first-order valence-corrected chi connectivity index (χ1v) is 22.5. The largest absolute Gasteiger partial charge is 0.329 e. The Morgan fingerprint density at radius 1 is 0.615 bits per heavy atom. The van der Waals surface area contributed by atoms with Crippen molar-refractivity contribution in [3.63, 3.8) is 0 Å². The van der Waals surface area contributed by atoms with Crippen LogP contribution in [-0.2, 0) is 19.6 Å². The summed E-state index contributed by atoms with van der Waals surface area (Å²) in [5.41, 5.74) is 0.174. The lowest BCUT2D eigenvalue weighted by molar-refractivity contribution is -0.871. The van der Waals surface area contributed by atoms with Gasteiger partial charge in [-0.3, -0.25) is 0 Å². The van der Waals surface area contributed by atoms with Gasteiger partial charge in [-0.2, -0.15) is 0 Å². The molecule has 0 aliphatic heterocycles. The Morgan fingerprint density at radius 3 is 1.87 bits per heavy atom. The molecule has 2 rings (SSSR count). The van der Waals surface area contributed by atoms with Crippen LogP contribution in [0.15, 0.2) is 24.3 Å². The Labute approximate surface area is 324 Å². The van der Waals surface area contributed by atoms with Gasteiger partial charge in [-0.05, 0) is 74.0 Å². The van der Waals surface area contributed by atoms with E-state index in [9.17, 15) is 0 Å². The van der Waals surface area contributed by atoms with Gasteiger partial charge in [0.2, 0.25) is 0 Å². The van der Waals surface area contributed by atoms with Crippen molar-refractivity contribution in [3.05, 3.63) is 24.3 Å². The molecule has 2 aliphatic carbocycles. The van der Waals surface area contributed by atoms with E-state index in [1.54, 1.807) is 0 Å². The van der Waals surface area contributed by atoms with E-state index < -0.39 is 0 Å². The summed E-state index contributed by atoms with van der Waals surface area (Å²) in [7, 11) is 13.2. The molecule has 0 N–H and O–H groups in total. The molecule has 0 amide bonds. The molecule has 6 nitrogen and oxygen atoms in total. The summed E-state index contributed by atoms with van der Waals surface area (Å²) in [6.45, 7) is 9.37. The van der Waals surface area contributed by atoms with Gasteiger partial charge in [0, 0.05) is 0 Å². The van der Waals surface area contributed by atoms with Gasteiger partial charge in [0.25, 0.3) is 0 Å². The molecule has 0 saturated heterocycles. The highest BCUT2D eigenvalue weighted by Crippen LogP contribution is 2.55. The quantitative estimate of drug-likeness (QED) is 0.0242. The molecule has 1 saturated carbocycles. The number of unbranched alkanes of at least 4 members (excludes halogenated alkanes) is 12. The Hall–Kier alpha value is -0.760. The van der Waals surface area contributed by atoms with E-state index in [2.05, 4.69) is 80.4 Å². The molecule has 4 unspecified atom stereocenters. The van der Waals surface area contributed by atoms with Crippen LogP contribution in [0, 0.1) is 29.1 Å². The first-order valence-electron chi connectivity index (χ1n) is 22.5. The minimum absolute atomic E-state index is 0.174. The van der Waals surface area contributed by atoms with Crippen LogP contribution in [0.5, 0.6) is 0 Å². The number of likely N-dealkylation sites (N-methyl/N-ethyl adjacent to an activating group) is 2. The Balaban J connectivity index is 2.10. The maximum absolute atomic E-state index is 6.16. The fourth-order valence-corrected chi connectivity index (χ4v) is 8.71. The second kappa shape index (κ2) is 27.8. The van der Waals surface area contributed by atoms with Gasteiger partial charge in [-0.25, -0.2) is 19.6 Å². The molecule has 1 spiro atoms. The van der Waals surface area contributed by atoms with Crippen LogP contribution in [0.1, 0.15) is 162 Å².